The maximum Gasteiger partial charge on any atom is 0.124 e. The summed E-state index contributed by atoms with van der Waals surface area (Å²) in [5.41, 5.74) is 13.3. The Hall–Kier alpha value is -1.22. The second-order valence-corrected chi connectivity index (χ2v) is 3.10. The van der Waals surface area contributed by atoms with Crippen molar-refractivity contribution in [3.63, 3.8) is 0 Å². The molecule has 2 rings (SSSR count). The highest BCUT2D eigenvalue weighted by atomic mass is 16.5. The van der Waals surface area contributed by atoms with E-state index in [0.29, 0.717) is 6.61 Å². The van der Waals surface area contributed by atoms with Gasteiger partial charge < -0.3 is 16.2 Å². The first-order valence-electron chi connectivity index (χ1n) is 4.03. The van der Waals surface area contributed by atoms with Crippen LogP contribution in [0.5, 0.6) is 5.75 Å². The van der Waals surface area contributed by atoms with E-state index in [0.717, 1.165) is 23.4 Å². The average molecular weight is 164 g/mol. The van der Waals surface area contributed by atoms with Gasteiger partial charge in [-0.1, -0.05) is 6.07 Å². The summed E-state index contributed by atoms with van der Waals surface area (Å²) < 4.78 is 5.41. The van der Waals surface area contributed by atoms with Gasteiger partial charge in [0.25, 0.3) is 0 Å². The Morgan fingerprint density at radius 3 is 3.08 bits per heavy atom. The Morgan fingerprint density at radius 1 is 1.42 bits per heavy atom. The number of fused-ring (bicyclic) bond motifs is 1. The van der Waals surface area contributed by atoms with Gasteiger partial charge in [-0.05, 0) is 18.6 Å². The average Bonchev–Trinajstić information content (AvgIpc) is 2.07. The van der Waals surface area contributed by atoms with Crippen molar-refractivity contribution in [3.8, 4) is 5.75 Å². The summed E-state index contributed by atoms with van der Waals surface area (Å²) in [7, 11) is 0. The minimum atomic E-state index is 0.0854. The number of nitrogen functional groups attached to an aromatic ring is 1. The molecule has 0 fully saturated rings. The third-order valence-corrected chi connectivity index (χ3v) is 2.09. The van der Waals surface area contributed by atoms with Crippen LogP contribution in [0.1, 0.15) is 5.56 Å². The molecule has 1 unspecified atom stereocenters. The molecule has 1 aliphatic rings. The zero-order chi connectivity index (χ0) is 8.55. The lowest BCUT2D eigenvalue weighted by atomic mass is 10.0. The molecule has 1 atom stereocenters. The van der Waals surface area contributed by atoms with Crippen LogP contribution in [-0.4, -0.2) is 12.6 Å². The van der Waals surface area contributed by atoms with E-state index in [-0.39, 0.29) is 6.04 Å². The fourth-order valence-electron chi connectivity index (χ4n) is 1.45. The summed E-state index contributed by atoms with van der Waals surface area (Å²) in [5.74, 6) is 0.886. The lowest BCUT2D eigenvalue weighted by Gasteiger charge is -2.23. The molecule has 0 saturated heterocycles. The summed E-state index contributed by atoms with van der Waals surface area (Å²) in [5, 5.41) is 0. The van der Waals surface area contributed by atoms with Crippen LogP contribution in [0.15, 0.2) is 18.2 Å². The number of benzene rings is 1. The molecule has 12 heavy (non-hydrogen) atoms. The normalized spacial score (nSPS) is 21.2. The van der Waals surface area contributed by atoms with E-state index in [1.807, 2.05) is 18.2 Å². The van der Waals surface area contributed by atoms with E-state index in [9.17, 15) is 0 Å². The minimum Gasteiger partial charge on any atom is -0.492 e. The monoisotopic (exact) mass is 164 g/mol. The first-order chi connectivity index (χ1) is 5.77. The molecule has 1 aliphatic heterocycles. The molecule has 0 amide bonds. The molecule has 0 bridgehead atoms. The molecule has 0 radical (unpaired) electrons. The van der Waals surface area contributed by atoms with Crippen LogP contribution in [0.2, 0.25) is 0 Å². The van der Waals surface area contributed by atoms with Crippen molar-refractivity contribution >= 4 is 5.69 Å². The van der Waals surface area contributed by atoms with Crippen LogP contribution in [0.25, 0.3) is 0 Å². The van der Waals surface area contributed by atoms with Gasteiger partial charge in [-0.25, -0.2) is 0 Å². The number of rotatable bonds is 0. The first-order valence-corrected chi connectivity index (χ1v) is 4.03. The van der Waals surface area contributed by atoms with Crippen molar-refractivity contribution in [1.29, 1.82) is 0 Å². The fraction of sp³-hybridized carbons (Fsp3) is 0.333. The molecule has 1 heterocycles. The predicted molar refractivity (Wildman–Crippen MR) is 48.0 cm³/mol. The molecular weight excluding hydrogens is 152 g/mol. The Labute approximate surface area is 71.3 Å². The standard InChI is InChI=1S/C9H12N2O/c10-6-4-7-8(11)2-1-3-9(7)12-5-6/h1-3,6H,4-5,10-11H2. The van der Waals surface area contributed by atoms with Gasteiger partial charge in [0.1, 0.15) is 12.4 Å². The maximum absolute atomic E-state index is 5.77. The van der Waals surface area contributed by atoms with Crippen molar-refractivity contribution < 1.29 is 4.74 Å². The molecule has 1 aromatic carbocycles. The van der Waals surface area contributed by atoms with Crippen molar-refractivity contribution in [3.05, 3.63) is 23.8 Å². The van der Waals surface area contributed by atoms with Gasteiger partial charge in [0, 0.05) is 17.3 Å². The second kappa shape index (κ2) is 2.68. The summed E-state index contributed by atoms with van der Waals surface area (Å²) in [6.45, 7) is 0.594. The van der Waals surface area contributed by atoms with E-state index in [1.165, 1.54) is 0 Å². The second-order valence-electron chi connectivity index (χ2n) is 3.10. The number of hydrogen-bond acceptors (Lipinski definition) is 3. The van der Waals surface area contributed by atoms with Gasteiger partial charge >= 0.3 is 0 Å². The number of hydrogen-bond donors (Lipinski definition) is 2. The van der Waals surface area contributed by atoms with E-state index in [4.69, 9.17) is 16.2 Å². The van der Waals surface area contributed by atoms with Crippen LogP contribution < -0.4 is 16.2 Å². The van der Waals surface area contributed by atoms with Crippen LogP contribution >= 0.6 is 0 Å². The minimum absolute atomic E-state index is 0.0854. The molecule has 64 valence electrons. The zero-order valence-corrected chi connectivity index (χ0v) is 6.79. The maximum atomic E-state index is 5.77. The van der Waals surface area contributed by atoms with Crippen LogP contribution in [0.4, 0.5) is 5.69 Å². The molecule has 0 aliphatic carbocycles. The SMILES string of the molecule is Nc1cccc2c1CC(N)CO2. The molecule has 4 N–H and O–H groups in total. The van der Waals surface area contributed by atoms with E-state index in [1.54, 1.807) is 0 Å². The fourth-order valence-corrected chi connectivity index (χ4v) is 1.45. The van der Waals surface area contributed by atoms with Gasteiger partial charge in [0.2, 0.25) is 0 Å². The Bertz CT molecular complexity index is 299. The van der Waals surface area contributed by atoms with Crippen LogP contribution in [0.3, 0.4) is 0 Å². The lowest BCUT2D eigenvalue weighted by Crippen LogP contribution is -2.34. The molecule has 0 spiro atoms. The molecule has 3 nitrogen and oxygen atoms in total. The van der Waals surface area contributed by atoms with Gasteiger partial charge in [-0.2, -0.15) is 0 Å². The van der Waals surface area contributed by atoms with Gasteiger partial charge in [0.15, 0.2) is 0 Å². The number of anilines is 1. The highest BCUT2D eigenvalue weighted by Gasteiger charge is 2.17. The molecule has 1 aromatic rings. The number of ether oxygens (including phenoxy) is 1. The predicted octanol–water partition coefficient (Wildman–Crippen LogP) is 0.531. The van der Waals surface area contributed by atoms with Gasteiger partial charge in [0.05, 0.1) is 0 Å². The Kier molecular flexibility index (Phi) is 1.66. The Morgan fingerprint density at radius 2 is 2.25 bits per heavy atom. The summed E-state index contributed by atoms with van der Waals surface area (Å²) in [4.78, 5) is 0. The van der Waals surface area contributed by atoms with Crippen molar-refractivity contribution in [1.82, 2.24) is 0 Å². The van der Waals surface area contributed by atoms with E-state index >= 15 is 0 Å². The number of nitrogens with two attached hydrogens (primary N) is 2. The third kappa shape index (κ3) is 1.12. The quantitative estimate of drug-likeness (QED) is 0.550. The highest BCUT2D eigenvalue weighted by molar-refractivity contribution is 5.55. The third-order valence-electron chi connectivity index (χ3n) is 2.09. The first kappa shape index (κ1) is 7.43. The zero-order valence-electron chi connectivity index (χ0n) is 6.79. The molecular formula is C9H12N2O. The topological polar surface area (TPSA) is 61.3 Å². The summed E-state index contributed by atoms with van der Waals surface area (Å²) in [6, 6.07) is 5.78. The van der Waals surface area contributed by atoms with Crippen LogP contribution in [-0.2, 0) is 6.42 Å². The van der Waals surface area contributed by atoms with Gasteiger partial charge in [-0.15, -0.1) is 0 Å². The van der Waals surface area contributed by atoms with Crippen molar-refractivity contribution in [2.24, 2.45) is 5.73 Å². The van der Waals surface area contributed by atoms with Crippen molar-refractivity contribution in [2.75, 3.05) is 12.3 Å². The summed E-state index contributed by atoms with van der Waals surface area (Å²) in [6.07, 6.45) is 0.821. The largest absolute Gasteiger partial charge is 0.492 e. The molecule has 0 aromatic heterocycles. The summed E-state index contributed by atoms with van der Waals surface area (Å²) >= 11 is 0. The lowest BCUT2D eigenvalue weighted by molar-refractivity contribution is 0.264. The molecule has 3 heteroatoms. The van der Waals surface area contributed by atoms with Crippen LogP contribution in [0, 0.1) is 0 Å². The van der Waals surface area contributed by atoms with E-state index < -0.39 is 0 Å². The highest BCUT2D eigenvalue weighted by Crippen LogP contribution is 2.28. The van der Waals surface area contributed by atoms with Gasteiger partial charge in [-0.3, -0.25) is 0 Å². The Balaban J connectivity index is 2.43. The molecule has 0 saturated carbocycles. The van der Waals surface area contributed by atoms with E-state index in [2.05, 4.69) is 0 Å². The smallest absolute Gasteiger partial charge is 0.124 e. The van der Waals surface area contributed by atoms with Crippen molar-refractivity contribution in [2.45, 2.75) is 12.5 Å².